The van der Waals surface area contributed by atoms with Gasteiger partial charge in [0.25, 0.3) is 0 Å². The van der Waals surface area contributed by atoms with Gasteiger partial charge < -0.3 is 10.5 Å². The van der Waals surface area contributed by atoms with Gasteiger partial charge in [0, 0.05) is 5.38 Å². The monoisotopic (exact) mass is 267 g/mol. The van der Waals surface area contributed by atoms with Crippen molar-refractivity contribution in [3.8, 4) is 0 Å². The molecule has 0 radical (unpaired) electrons. The third kappa shape index (κ3) is 4.39. The van der Waals surface area contributed by atoms with Crippen LogP contribution in [-0.2, 0) is 4.79 Å². The van der Waals surface area contributed by atoms with Gasteiger partial charge in [-0.15, -0.1) is 11.3 Å². The molecule has 5 nitrogen and oxygen atoms in total. The predicted molar refractivity (Wildman–Crippen MR) is 55.4 cm³/mol. The van der Waals surface area contributed by atoms with E-state index < -0.39 is 18.5 Å². The number of carbonyl (C=O) groups is 1. The zero-order chi connectivity index (χ0) is 13.1. The van der Waals surface area contributed by atoms with Crippen molar-refractivity contribution in [2.45, 2.75) is 19.5 Å². The molecule has 0 saturated carbocycles. The van der Waals surface area contributed by atoms with Crippen LogP contribution < -0.4 is 5.32 Å². The third-order valence-electron chi connectivity index (χ3n) is 1.63. The van der Waals surface area contributed by atoms with Gasteiger partial charge in [0.15, 0.2) is 5.13 Å². The van der Waals surface area contributed by atoms with Gasteiger partial charge in [0.1, 0.15) is 17.8 Å². The Hall–Kier alpha value is -1.64. The van der Waals surface area contributed by atoms with Gasteiger partial charge in [0.2, 0.25) is 5.91 Å². The number of nitrogens with one attached hydrogen (secondary N) is 1. The summed E-state index contributed by atoms with van der Waals surface area (Å²) in [4.78, 5) is 14.7. The van der Waals surface area contributed by atoms with E-state index in [2.05, 4.69) is 10.1 Å². The molecule has 0 atom stereocenters. The van der Waals surface area contributed by atoms with Gasteiger partial charge in [-0.25, -0.2) is 4.98 Å². The summed E-state index contributed by atoms with van der Waals surface area (Å²) in [6.07, 6.45) is -6.11. The summed E-state index contributed by atoms with van der Waals surface area (Å²) in [5, 5.41) is 14.8. The Morgan fingerprint density at radius 2 is 2.29 bits per heavy atom. The summed E-state index contributed by atoms with van der Waals surface area (Å²) in [6.45, 7) is 1.47. The molecule has 2 N–H and O–H groups in total. The first kappa shape index (κ1) is 13.4. The van der Waals surface area contributed by atoms with E-state index in [9.17, 15) is 18.0 Å². The topological polar surface area (TPSA) is 74.6 Å². The quantitative estimate of drug-likeness (QED) is 0.501. The number of carbonyl (C=O) groups excluding carboxylic acids is 1. The number of oxime groups is 1. The predicted octanol–water partition coefficient (Wildman–Crippen LogP) is 2.23. The Morgan fingerprint density at radius 3 is 2.82 bits per heavy atom. The molecule has 94 valence electrons. The Bertz CT molecular complexity index is 441. The van der Waals surface area contributed by atoms with Crippen LogP contribution in [0.25, 0.3) is 0 Å². The van der Waals surface area contributed by atoms with Gasteiger partial charge in [-0.2, -0.15) is 13.2 Å². The van der Waals surface area contributed by atoms with Crippen LogP contribution in [0.1, 0.15) is 19.0 Å². The number of hydrogen-bond donors (Lipinski definition) is 2. The molecule has 0 unspecified atom stereocenters. The molecule has 1 aromatic heterocycles. The van der Waals surface area contributed by atoms with Crippen LogP contribution in [0.4, 0.5) is 18.3 Å². The molecule has 17 heavy (non-hydrogen) atoms. The highest BCUT2D eigenvalue weighted by atomic mass is 32.1. The van der Waals surface area contributed by atoms with E-state index in [1.165, 1.54) is 12.3 Å². The van der Waals surface area contributed by atoms with Crippen molar-refractivity contribution >= 4 is 28.1 Å². The molecule has 0 aliphatic carbocycles. The number of anilines is 1. The number of hydrogen-bond acceptors (Lipinski definition) is 5. The Morgan fingerprint density at radius 1 is 1.65 bits per heavy atom. The number of aromatic nitrogens is 1. The highest BCUT2D eigenvalue weighted by Crippen LogP contribution is 2.21. The fourth-order valence-corrected chi connectivity index (χ4v) is 1.66. The minimum atomic E-state index is -4.55. The normalized spacial score (nSPS) is 12.6. The van der Waals surface area contributed by atoms with Gasteiger partial charge in [-0.3, -0.25) is 4.79 Å². The number of thiazole rings is 1. The van der Waals surface area contributed by atoms with Gasteiger partial charge >= 0.3 is 6.18 Å². The maximum Gasteiger partial charge on any atom is 0.397 e. The molecule has 0 aliphatic heterocycles. The van der Waals surface area contributed by atoms with Crippen molar-refractivity contribution in [2.24, 2.45) is 5.16 Å². The SMILES string of the molecule is CC(=NO)c1csc(NC(=O)CC(F)(F)F)n1. The van der Waals surface area contributed by atoms with Crippen LogP contribution in [0.3, 0.4) is 0 Å². The smallest absolute Gasteiger partial charge is 0.397 e. The van der Waals surface area contributed by atoms with Crippen molar-refractivity contribution in [1.82, 2.24) is 4.98 Å². The second kappa shape index (κ2) is 5.13. The lowest BCUT2D eigenvalue weighted by Crippen LogP contribution is -2.21. The molecular formula is C8H8F3N3O2S. The Labute approximate surface area is 98.0 Å². The van der Waals surface area contributed by atoms with Crippen LogP contribution >= 0.6 is 11.3 Å². The standard InChI is InChI=1S/C8H8F3N3O2S/c1-4(14-16)5-3-17-7(12-5)13-6(15)2-8(9,10)11/h3,16H,2H2,1H3,(H,12,13,15). The maximum absolute atomic E-state index is 11.9. The van der Waals surface area contributed by atoms with E-state index in [1.807, 2.05) is 5.32 Å². The first-order valence-corrected chi connectivity index (χ1v) is 5.21. The number of alkyl halides is 3. The van der Waals surface area contributed by atoms with Crippen molar-refractivity contribution < 1.29 is 23.2 Å². The number of rotatable bonds is 3. The Kier molecular flexibility index (Phi) is 4.05. The van der Waals surface area contributed by atoms with Crippen molar-refractivity contribution in [3.05, 3.63) is 11.1 Å². The zero-order valence-electron chi connectivity index (χ0n) is 8.58. The fraction of sp³-hybridized carbons (Fsp3) is 0.375. The molecule has 0 saturated heterocycles. The van der Waals surface area contributed by atoms with Crippen LogP contribution in [0.15, 0.2) is 10.5 Å². The highest BCUT2D eigenvalue weighted by molar-refractivity contribution is 7.14. The van der Waals surface area contributed by atoms with Crippen LogP contribution in [0.5, 0.6) is 0 Å². The molecule has 0 spiro atoms. The number of nitrogens with zero attached hydrogens (tertiary/aromatic N) is 2. The second-order valence-corrected chi connectivity index (χ2v) is 3.92. The van der Waals surface area contributed by atoms with Crippen LogP contribution in [0.2, 0.25) is 0 Å². The first-order valence-electron chi connectivity index (χ1n) is 4.33. The summed E-state index contributed by atoms with van der Waals surface area (Å²) in [5.74, 6) is -1.18. The maximum atomic E-state index is 11.9. The van der Waals surface area contributed by atoms with Gasteiger partial charge in [0.05, 0.1) is 0 Å². The molecule has 0 fully saturated rings. The fourth-order valence-electron chi connectivity index (χ4n) is 0.894. The minimum Gasteiger partial charge on any atom is -0.411 e. The number of halogens is 3. The second-order valence-electron chi connectivity index (χ2n) is 3.06. The van der Waals surface area contributed by atoms with Crippen molar-refractivity contribution in [2.75, 3.05) is 5.32 Å². The third-order valence-corrected chi connectivity index (χ3v) is 2.39. The molecule has 0 bridgehead atoms. The molecule has 9 heteroatoms. The summed E-state index contributed by atoms with van der Waals surface area (Å²) in [6, 6.07) is 0. The molecule has 1 heterocycles. The van der Waals surface area contributed by atoms with E-state index in [-0.39, 0.29) is 10.8 Å². The molecular weight excluding hydrogens is 259 g/mol. The molecule has 0 aromatic carbocycles. The average Bonchev–Trinajstić information content (AvgIpc) is 2.62. The van der Waals surface area contributed by atoms with Gasteiger partial charge in [-0.1, -0.05) is 5.16 Å². The number of amides is 1. The van der Waals surface area contributed by atoms with E-state index in [1.54, 1.807) is 0 Å². The average molecular weight is 267 g/mol. The lowest BCUT2D eigenvalue weighted by Gasteiger charge is -2.04. The molecule has 0 aliphatic rings. The van der Waals surface area contributed by atoms with E-state index in [4.69, 9.17) is 5.21 Å². The van der Waals surface area contributed by atoms with E-state index in [0.29, 0.717) is 5.69 Å². The molecule has 1 amide bonds. The van der Waals surface area contributed by atoms with Gasteiger partial charge in [-0.05, 0) is 6.92 Å². The highest BCUT2D eigenvalue weighted by Gasteiger charge is 2.31. The summed E-state index contributed by atoms with van der Waals surface area (Å²) in [7, 11) is 0. The first-order chi connectivity index (χ1) is 7.81. The van der Waals surface area contributed by atoms with Crippen LogP contribution in [0, 0.1) is 0 Å². The summed E-state index contributed by atoms with van der Waals surface area (Å²) < 4.78 is 35.6. The van der Waals surface area contributed by atoms with E-state index >= 15 is 0 Å². The van der Waals surface area contributed by atoms with E-state index in [0.717, 1.165) is 11.3 Å². The lowest BCUT2D eigenvalue weighted by atomic mass is 10.3. The molecule has 1 rings (SSSR count). The zero-order valence-corrected chi connectivity index (χ0v) is 9.39. The lowest BCUT2D eigenvalue weighted by molar-refractivity contribution is -0.150. The summed E-state index contributed by atoms with van der Waals surface area (Å²) in [5.41, 5.74) is 0.498. The Balaban J connectivity index is 2.64. The van der Waals surface area contributed by atoms with Crippen LogP contribution in [-0.4, -0.2) is 28.0 Å². The summed E-state index contributed by atoms with van der Waals surface area (Å²) >= 11 is 0.945. The largest absolute Gasteiger partial charge is 0.411 e. The van der Waals surface area contributed by atoms with Crippen molar-refractivity contribution in [3.63, 3.8) is 0 Å². The minimum absolute atomic E-state index is 0.0252. The van der Waals surface area contributed by atoms with Crippen molar-refractivity contribution in [1.29, 1.82) is 0 Å². The molecule has 1 aromatic rings.